The molecule has 4 nitrogen and oxygen atoms in total. The van der Waals surface area contributed by atoms with Crippen molar-refractivity contribution in [2.75, 3.05) is 6.54 Å². The number of nitrogens with zero attached hydrogens (tertiary/aromatic N) is 1. The first kappa shape index (κ1) is 14.9. The van der Waals surface area contributed by atoms with Crippen molar-refractivity contribution in [3.8, 4) is 0 Å². The van der Waals surface area contributed by atoms with Gasteiger partial charge < -0.3 is 10.3 Å². The zero-order chi connectivity index (χ0) is 13.7. The van der Waals surface area contributed by atoms with E-state index >= 15 is 0 Å². The van der Waals surface area contributed by atoms with E-state index in [2.05, 4.69) is 29.1 Å². The zero-order valence-electron chi connectivity index (χ0n) is 12.1. The highest BCUT2D eigenvalue weighted by Crippen LogP contribution is 2.13. The molecule has 1 aromatic rings. The lowest BCUT2D eigenvalue weighted by molar-refractivity contribution is 0.420. The fourth-order valence-corrected chi connectivity index (χ4v) is 2.27. The second-order valence-electron chi connectivity index (χ2n) is 4.96. The maximum atomic E-state index is 12.0. The van der Waals surface area contributed by atoms with Gasteiger partial charge in [-0.25, -0.2) is 4.98 Å². The van der Waals surface area contributed by atoms with E-state index in [1.807, 2.05) is 13.8 Å². The number of hydrogen-bond acceptors (Lipinski definition) is 3. The van der Waals surface area contributed by atoms with Crippen molar-refractivity contribution in [3.63, 3.8) is 0 Å². The minimum Gasteiger partial charge on any atom is -0.310 e. The van der Waals surface area contributed by atoms with Crippen LogP contribution in [0.4, 0.5) is 0 Å². The fourth-order valence-electron chi connectivity index (χ4n) is 2.27. The van der Waals surface area contributed by atoms with Crippen LogP contribution in [-0.4, -0.2) is 16.5 Å². The molecule has 0 spiro atoms. The van der Waals surface area contributed by atoms with Gasteiger partial charge in [-0.1, -0.05) is 26.7 Å². The minimum absolute atomic E-state index is 0.0236. The molecule has 4 heteroatoms. The lowest BCUT2D eigenvalue weighted by Crippen LogP contribution is -2.31. The Balaban J connectivity index is 2.79. The molecule has 0 aromatic carbocycles. The second kappa shape index (κ2) is 6.69. The molecule has 0 radical (unpaired) electrons. The van der Waals surface area contributed by atoms with Gasteiger partial charge in [0.1, 0.15) is 5.82 Å². The predicted octanol–water partition coefficient (Wildman–Crippen LogP) is 2.47. The van der Waals surface area contributed by atoms with Gasteiger partial charge in [0.15, 0.2) is 0 Å². The molecule has 1 aromatic heterocycles. The molecule has 102 valence electrons. The molecule has 0 bridgehead atoms. The van der Waals surface area contributed by atoms with Crippen LogP contribution < -0.4 is 10.9 Å². The van der Waals surface area contributed by atoms with Crippen LogP contribution in [0.25, 0.3) is 0 Å². The summed E-state index contributed by atoms with van der Waals surface area (Å²) in [6, 6.07) is 0.0439. The first-order valence-corrected chi connectivity index (χ1v) is 6.80. The highest BCUT2D eigenvalue weighted by molar-refractivity contribution is 5.19. The van der Waals surface area contributed by atoms with Crippen LogP contribution in [0.3, 0.4) is 0 Å². The Bertz CT molecular complexity index is 435. The number of aryl methyl sites for hydroxylation is 2. The Morgan fingerprint density at radius 1 is 1.28 bits per heavy atom. The van der Waals surface area contributed by atoms with Gasteiger partial charge in [0.2, 0.25) is 0 Å². The van der Waals surface area contributed by atoms with Crippen LogP contribution in [0, 0.1) is 19.8 Å². The molecule has 0 aliphatic rings. The maximum Gasteiger partial charge on any atom is 0.255 e. The van der Waals surface area contributed by atoms with Crippen molar-refractivity contribution < 1.29 is 0 Å². The maximum absolute atomic E-state index is 12.0. The molecule has 0 aliphatic heterocycles. The lowest BCUT2D eigenvalue weighted by Gasteiger charge is -2.19. The third-order valence-electron chi connectivity index (χ3n) is 3.56. The van der Waals surface area contributed by atoms with E-state index in [4.69, 9.17) is 0 Å². The average Bonchev–Trinajstić information content (AvgIpc) is 2.28. The Labute approximate surface area is 109 Å². The molecule has 0 aliphatic carbocycles. The van der Waals surface area contributed by atoms with E-state index in [0.29, 0.717) is 11.7 Å². The van der Waals surface area contributed by atoms with Crippen molar-refractivity contribution in [1.82, 2.24) is 15.3 Å². The van der Waals surface area contributed by atoms with E-state index in [-0.39, 0.29) is 11.6 Å². The van der Waals surface area contributed by atoms with Crippen molar-refractivity contribution in [2.24, 2.45) is 5.92 Å². The molecule has 2 N–H and O–H groups in total. The minimum atomic E-state index is -0.0236. The summed E-state index contributed by atoms with van der Waals surface area (Å²) in [5.74, 6) is 1.35. The van der Waals surface area contributed by atoms with Gasteiger partial charge in [-0.05, 0) is 33.2 Å². The van der Waals surface area contributed by atoms with Crippen LogP contribution in [0.2, 0.25) is 0 Å². The van der Waals surface area contributed by atoms with Gasteiger partial charge in [0.05, 0.1) is 5.56 Å². The second-order valence-corrected chi connectivity index (χ2v) is 4.96. The molecule has 0 saturated carbocycles. The van der Waals surface area contributed by atoms with E-state index in [9.17, 15) is 4.79 Å². The Kier molecular flexibility index (Phi) is 5.54. The standard InChI is InChI=1S/C14H25N3O/c1-6-12(7-2)8-15-9(3)13-10(4)16-11(5)17-14(13)18/h9,12,15H,6-8H2,1-5H3,(H,16,17,18). The van der Waals surface area contributed by atoms with E-state index in [1.165, 1.54) is 0 Å². The Hall–Kier alpha value is -1.16. The SMILES string of the molecule is CCC(CC)CNC(C)c1c(C)nc(C)[nH]c1=O. The first-order valence-electron chi connectivity index (χ1n) is 6.80. The van der Waals surface area contributed by atoms with Gasteiger partial charge in [0.25, 0.3) is 5.56 Å². The van der Waals surface area contributed by atoms with Crippen molar-refractivity contribution in [2.45, 2.75) is 53.5 Å². The van der Waals surface area contributed by atoms with Gasteiger partial charge in [-0.15, -0.1) is 0 Å². The van der Waals surface area contributed by atoms with Gasteiger partial charge in [-0.2, -0.15) is 0 Å². The summed E-state index contributed by atoms with van der Waals surface area (Å²) in [6.07, 6.45) is 2.33. The summed E-state index contributed by atoms with van der Waals surface area (Å²) in [4.78, 5) is 19.0. The van der Waals surface area contributed by atoms with Crippen LogP contribution in [-0.2, 0) is 0 Å². The molecule has 18 heavy (non-hydrogen) atoms. The predicted molar refractivity (Wildman–Crippen MR) is 74.8 cm³/mol. The molecule has 0 amide bonds. The average molecular weight is 251 g/mol. The highest BCUT2D eigenvalue weighted by Gasteiger charge is 2.15. The number of aromatic nitrogens is 2. The van der Waals surface area contributed by atoms with Crippen LogP contribution in [0.15, 0.2) is 4.79 Å². The van der Waals surface area contributed by atoms with Gasteiger partial charge in [0, 0.05) is 11.7 Å². The lowest BCUT2D eigenvalue weighted by atomic mass is 10.0. The summed E-state index contributed by atoms with van der Waals surface area (Å²) in [5, 5.41) is 3.44. The number of H-pyrrole nitrogens is 1. The molecular formula is C14H25N3O. The molecule has 1 rings (SSSR count). The van der Waals surface area contributed by atoms with Crippen LogP contribution in [0.1, 0.15) is 56.7 Å². The number of hydrogen-bond donors (Lipinski definition) is 2. The van der Waals surface area contributed by atoms with Crippen molar-refractivity contribution in [1.29, 1.82) is 0 Å². The first-order chi connectivity index (χ1) is 8.49. The summed E-state index contributed by atoms with van der Waals surface area (Å²) in [6.45, 7) is 11.1. The monoisotopic (exact) mass is 251 g/mol. The smallest absolute Gasteiger partial charge is 0.255 e. The number of rotatable bonds is 6. The molecule has 1 atom stereocenters. The normalized spacial score (nSPS) is 13.0. The largest absolute Gasteiger partial charge is 0.310 e. The molecule has 0 fully saturated rings. The topological polar surface area (TPSA) is 57.8 Å². The van der Waals surface area contributed by atoms with Crippen molar-refractivity contribution >= 4 is 0 Å². The fraction of sp³-hybridized carbons (Fsp3) is 0.714. The van der Waals surface area contributed by atoms with E-state index in [1.54, 1.807) is 6.92 Å². The quantitative estimate of drug-likeness (QED) is 0.816. The van der Waals surface area contributed by atoms with Gasteiger partial charge >= 0.3 is 0 Å². The zero-order valence-corrected chi connectivity index (χ0v) is 12.1. The Morgan fingerprint density at radius 2 is 1.89 bits per heavy atom. The van der Waals surface area contributed by atoms with Crippen molar-refractivity contribution in [3.05, 3.63) is 27.4 Å². The molecular weight excluding hydrogens is 226 g/mol. The van der Waals surface area contributed by atoms with E-state index in [0.717, 1.165) is 30.6 Å². The molecule has 0 saturated heterocycles. The number of nitrogens with one attached hydrogen (secondary N) is 2. The number of aromatic amines is 1. The summed E-state index contributed by atoms with van der Waals surface area (Å²) in [7, 11) is 0. The third kappa shape index (κ3) is 3.67. The van der Waals surface area contributed by atoms with Crippen LogP contribution in [0.5, 0.6) is 0 Å². The Morgan fingerprint density at radius 3 is 2.39 bits per heavy atom. The molecule has 1 unspecified atom stereocenters. The van der Waals surface area contributed by atoms with Gasteiger partial charge in [-0.3, -0.25) is 4.79 Å². The molecule has 1 heterocycles. The van der Waals surface area contributed by atoms with E-state index < -0.39 is 0 Å². The summed E-state index contributed by atoms with van der Waals surface area (Å²) < 4.78 is 0. The summed E-state index contributed by atoms with van der Waals surface area (Å²) in [5.41, 5.74) is 1.55. The third-order valence-corrected chi connectivity index (χ3v) is 3.56. The highest BCUT2D eigenvalue weighted by atomic mass is 16.1. The summed E-state index contributed by atoms with van der Waals surface area (Å²) >= 11 is 0. The van der Waals surface area contributed by atoms with Crippen LogP contribution >= 0.6 is 0 Å².